The summed E-state index contributed by atoms with van der Waals surface area (Å²) < 4.78 is 22.0. The van der Waals surface area contributed by atoms with Crippen LogP contribution in [0.5, 0.6) is 5.75 Å². The highest BCUT2D eigenvalue weighted by Gasteiger charge is 2.42. The van der Waals surface area contributed by atoms with Gasteiger partial charge in [-0.25, -0.2) is 4.79 Å². The fourth-order valence-corrected chi connectivity index (χ4v) is 5.00. The Balaban J connectivity index is 1.36. The number of carbonyl (C=O) groups excluding carboxylic acids is 2. The number of benzene rings is 3. The molecule has 10 nitrogen and oxygen atoms in total. The zero-order valence-electron chi connectivity index (χ0n) is 24.4. The minimum absolute atomic E-state index is 0.0797. The Kier molecular flexibility index (Phi) is 10.8. The lowest BCUT2D eigenvalue weighted by molar-refractivity contribution is -0.384. The first-order valence-electron chi connectivity index (χ1n) is 13.9. The van der Waals surface area contributed by atoms with E-state index in [2.05, 4.69) is 4.99 Å². The lowest BCUT2D eigenvalue weighted by atomic mass is 9.75. The molecular weight excluding hydrogens is 552 g/mol. The third-order valence-corrected chi connectivity index (χ3v) is 7.10. The van der Waals surface area contributed by atoms with Crippen molar-refractivity contribution in [2.24, 2.45) is 10.9 Å². The number of allylic oxidation sites excluding steroid dienone is 1. The van der Waals surface area contributed by atoms with Crippen LogP contribution in [0.1, 0.15) is 36.5 Å². The van der Waals surface area contributed by atoms with Crippen LogP contribution in [0.2, 0.25) is 0 Å². The zero-order chi connectivity index (χ0) is 30.8. The van der Waals surface area contributed by atoms with Crippen molar-refractivity contribution in [2.75, 3.05) is 26.9 Å². The molecule has 0 amide bonds. The van der Waals surface area contributed by atoms with Crippen LogP contribution in [0.25, 0.3) is 0 Å². The first-order chi connectivity index (χ1) is 20.8. The Morgan fingerprint density at radius 2 is 1.65 bits per heavy atom. The summed E-state index contributed by atoms with van der Waals surface area (Å²) in [7, 11) is 1.25. The first-order valence-corrected chi connectivity index (χ1v) is 13.9. The maximum Gasteiger partial charge on any atom is 0.336 e. The zero-order valence-corrected chi connectivity index (χ0v) is 24.4. The molecule has 0 aromatic heterocycles. The third-order valence-electron chi connectivity index (χ3n) is 7.10. The number of rotatable bonds is 13. The molecule has 43 heavy (non-hydrogen) atoms. The fourth-order valence-electron chi connectivity index (χ4n) is 5.00. The molecule has 0 radical (unpaired) electrons. The maximum atomic E-state index is 13.4. The fraction of sp³-hybridized carbons (Fsp3) is 0.303. The first kappa shape index (κ1) is 31.1. The molecule has 0 aliphatic carbocycles. The molecular formula is C33H34N2O8. The van der Waals surface area contributed by atoms with E-state index in [0.717, 1.165) is 11.1 Å². The summed E-state index contributed by atoms with van der Waals surface area (Å²) in [4.78, 5) is 41.6. The number of hydrogen-bond donors (Lipinski definition) is 0. The number of methoxy groups -OCH3 is 1. The number of nitro benzene ring substituents is 1. The number of carbonyl (C=O) groups is 2. The minimum atomic E-state index is -0.936. The van der Waals surface area contributed by atoms with Crippen LogP contribution in [-0.4, -0.2) is 49.5 Å². The van der Waals surface area contributed by atoms with E-state index in [4.69, 9.17) is 18.9 Å². The Morgan fingerprint density at radius 1 is 0.907 bits per heavy atom. The van der Waals surface area contributed by atoms with Gasteiger partial charge in [-0.2, -0.15) is 0 Å². The van der Waals surface area contributed by atoms with Crippen molar-refractivity contribution in [2.45, 2.75) is 32.8 Å². The Bertz CT molecular complexity index is 1500. The number of nitrogens with zero attached hydrogens (tertiary/aromatic N) is 2. The van der Waals surface area contributed by atoms with Gasteiger partial charge in [0.15, 0.2) is 0 Å². The second-order valence-electron chi connectivity index (χ2n) is 10.00. The van der Waals surface area contributed by atoms with E-state index in [1.165, 1.54) is 25.3 Å². The normalized spacial score (nSPS) is 16.3. The van der Waals surface area contributed by atoms with Gasteiger partial charge in [-0.05, 0) is 42.7 Å². The molecule has 3 aromatic carbocycles. The van der Waals surface area contributed by atoms with Crippen LogP contribution in [0.4, 0.5) is 5.69 Å². The number of aliphatic imine (C=N–C) groups is 1. The van der Waals surface area contributed by atoms with Gasteiger partial charge in [-0.1, -0.05) is 54.6 Å². The Morgan fingerprint density at radius 3 is 2.35 bits per heavy atom. The summed E-state index contributed by atoms with van der Waals surface area (Å²) in [6.07, 6.45) is 0.447. The van der Waals surface area contributed by atoms with E-state index in [1.54, 1.807) is 19.9 Å². The van der Waals surface area contributed by atoms with Gasteiger partial charge in [0.05, 0.1) is 37.4 Å². The van der Waals surface area contributed by atoms with Gasteiger partial charge in [0, 0.05) is 35.9 Å². The molecule has 0 bridgehead atoms. The van der Waals surface area contributed by atoms with Crippen molar-refractivity contribution in [1.82, 2.24) is 0 Å². The monoisotopic (exact) mass is 586 g/mol. The average molecular weight is 587 g/mol. The predicted molar refractivity (Wildman–Crippen MR) is 160 cm³/mol. The predicted octanol–water partition coefficient (Wildman–Crippen LogP) is 5.60. The van der Waals surface area contributed by atoms with Crippen molar-refractivity contribution in [1.29, 1.82) is 0 Å². The highest BCUT2D eigenvalue weighted by molar-refractivity contribution is 6.07. The number of esters is 2. The molecule has 1 aliphatic rings. The van der Waals surface area contributed by atoms with Crippen molar-refractivity contribution in [3.05, 3.63) is 117 Å². The molecule has 1 aliphatic heterocycles. The van der Waals surface area contributed by atoms with Gasteiger partial charge in [0.25, 0.3) is 5.69 Å². The molecule has 224 valence electrons. The Labute approximate surface area is 250 Å². The average Bonchev–Trinajstić information content (AvgIpc) is 3.01. The van der Waals surface area contributed by atoms with Crippen LogP contribution in [-0.2, 0) is 36.8 Å². The summed E-state index contributed by atoms with van der Waals surface area (Å²) in [6, 6.07) is 23.3. The number of nitro groups is 1. The minimum Gasteiger partial charge on any atom is -0.491 e. The highest BCUT2D eigenvalue weighted by Crippen LogP contribution is 2.41. The van der Waals surface area contributed by atoms with Crippen LogP contribution in [0.3, 0.4) is 0 Å². The molecule has 1 heterocycles. The molecule has 10 heteroatoms. The quantitative estimate of drug-likeness (QED) is 0.110. The van der Waals surface area contributed by atoms with Gasteiger partial charge >= 0.3 is 11.9 Å². The van der Waals surface area contributed by atoms with Gasteiger partial charge in [0.2, 0.25) is 0 Å². The summed E-state index contributed by atoms with van der Waals surface area (Å²) >= 11 is 0. The smallest absolute Gasteiger partial charge is 0.336 e. The van der Waals surface area contributed by atoms with Crippen molar-refractivity contribution in [3.8, 4) is 5.75 Å². The molecule has 2 atom stereocenters. The van der Waals surface area contributed by atoms with Crippen LogP contribution >= 0.6 is 0 Å². The van der Waals surface area contributed by atoms with E-state index in [1.807, 2.05) is 54.6 Å². The Hall–Kier alpha value is -4.83. The third kappa shape index (κ3) is 8.14. The van der Waals surface area contributed by atoms with E-state index in [9.17, 15) is 19.7 Å². The molecule has 0 fully saturated rings. The molecule has 0 saturated heterocycles. The summed E-state index contributed by atoms with van der Waals surface area (Å²) in [5, 5.41) is 11.4. The van der Waals surface area contributed by atoms with Gasteiger partial charge in [-0.3, -0.25) is 19.9 Å². The molecule has 4 rings (SSSR count). The second kappa shape index (κ2) is 14.9. The topological polar surface area (TPSA) is 127 Å². The summed E-state index contributed by atoms with van der Waals surface area (Å²) in [5.41, 5.74) is 3.31. The van der Waals surface area contributed by atoms with Crippen LogP contribution < -0.4 is 4.74 Å². The SMILES string of the molecule is COC(=O)C1C(C)=NC(C)=C(C(=O)OCCc2ccc(OCCOCc3ccccc3)cc2)C1c1cccc([N+](=O)[O-])c1. The highest BCUT2D eigenvalue weighted by atomic mass is 16.6. The molecule has 0 N–H and O–H groups in total. The van der Waals surface area contributed by atoms with E-state index in [-0.39, 0.29) is 17.9 Å². The molecule has 2 unspecified atom stereocenters. The van der Waals surface area contributed by atoms with Gasteiger partial charge < -0.3 is 18.9 Å². The van der Waals surface area contributed by atoms with E-state index >= 15 is 0 Å². The van der Waals surface area contributed by atoms with Gasteiger partial charge in [-0.15, -0.1) is 0 Å². The van der Waals surface area contributed by atoms with Crippen LogP contribution in [0, 0.1) is 16.0 Å². The standard InChI is InChI=1S/C33H34N2O8/c1-22-29(32(36)40-3)31(26-10-7-11-27(20-26)35(38)39)30(23(2)34-22)33(37)43-17-16-24-12-14-28(15-13-24)42-19-18-41-21-25-8-5-4-6-9-25/h4-15,20,29,31H,16-19,21H2,1-3H3. The molecule has 0 spiro atoms. The number of non-ortho nitro benzene ring substituents is 1. The lowest BCUT2D eigenvalue weighted by Crippen LogP contribution is -2.36. The van der Waals surface area contributed by atoms with Crippen molar-refractivity contribution >= 4 is 23.3 Å². The maximum absolute atomic E-state index is 13.4. The van der Waals surface area contributed by atoms with Crippen molar-refractivity contribution in [3.63, 3.8) is 0 Å². The number of ether oxygens (including phenoxy) is 4. The van der Waals surface area contributed by atoms with E-state index < -0.39 is 28.7 Å². The number of hydrogen-bond acceptors (Lipinski definition) is 9. The van der Waals surface area contributed by atoms with E-state index in [0.29, 0.717) is 49.0 Å². The van der Waals surface area contributed by atoms with Crippen molar-refractivity contribution < 1.29 is 33.5 Å². The summed E-state index contributed by atoms with van der Waals surface area (Å²) in [6.45, 7) is 4.81. The second-order valence-corrected chi connectivity index (χ2v) is 10.00. The van der Waals surface area contributed by atoms with Gasteiger partial charge in [0.1, 0.15) is 18.3 Å². The summed E-state index contributed by atoms with van der Waals surface area (Å²) in [5.74, 6) is -2.33. The van der Waals surface area contributed by atoms with Crippen LogP contribution in [0.15, 0.2) is 95.1 Å². The lowest BCUT2D eigenvalue weighted by Gasteiger charge is -2.31. The molecule has 0 saturated carbocycles. The molecule has 3 aromatic rings. The largest absolute Gasteiger partial charge is 0.491 e.